The number of aromatic nitrogens is 5. The Morgan fingerprint density at radius 2 is 1.90 bits per heavy atom. The number of rotatable bonds is 3. The van der Waals surface area contributed by atoms with E-state index >= 15 is 0 Å². The van der Waals surface area contributed by atoms with Crippen LogP contribution in [0.25, 0.3) is 10.9 Å². The lowest BCUT2D eigenvalue weighted by atomic mass is 10.3. The number of hydrogen-bond acceptors (Lipinski definition) is 7. The molecule has 2 atom stereocenters. The Morgan fingerprint density at radius 3 is 2.66 bits per heavy atom. The number of pyridine rings is 1. The molecule has 0 spiro atoms. The van der Waals surface area contributed by atoms with Crippen molar-refractivity contribution >= 4 is 16.6 Å². The van der Waals surface area contributed by atoms with E-state index in [1.165, 1.54) is 42.4 Å². The lowest BCUT2D eigenvalue weighted by Crippen LogP contribution is -2.21. The third-order valence-electron chi connectivity index (χ3n) is 5.44. The molecular formula is C21H20N6O2. The third kappa shape index (κ3) is 3.73. The van der Waals surface area contributed by atoms with Crippen LogP contribution in [-0.4, -0.2) is 37.8 Å². The van der Waals surface area contributed by atoms with Crippen LogP contribution in [0.1, 0.15) is 12.3 Å². The van der Waals surface area contributed by atoms with E-state index in [0.717, 1.165) is 11.8 Å². The van der Waals surface area contributed by atoms with Crippen LogP contribution < -0.4 is 10.5 Å². The highest BCUT2D eigenvalue weighted by atomic mass is 16.5. The highest BCUT2D eigenvalue weighted by Crippen LogP contribution is 2.46. The van der Waals surface area contributed by atoms with Gasteiger partial charge in [0.25, 0.3) is 5.56 Å². The molecule has 29 heavy (non-hydrogen) atoms. The summed E-state index contributed by atoms with van der Waals surface area (Å²) in [6, 6.07) is 12.4. The average molecular weight is 388 g/mol. The second kappa shape index (κ2) is 7.46. The van der Waals surface area contributed by atoms with Crippen LogP contribution in [0.15, 0.2) is 70.8 Å². The zero-order valence-electron chi connectivity index (χ0n) is 15.8. The Balaban J connectivity index is 0.000000132. The first-order chi connectivity index (χ1) is 14.3. The second-order valence-corrected chi connectivity index (χ2v) is 7.40. The molecule has 1 aliphatic carbocycles. The number of fused-ring (bicyclic) bond motifs is 2. The van der Waals surface area contributed by atoms with E-state index in [2.05, 4.69) is 55.3 Å². The van der Waals surface area contributed by atoms with Crippen LogP contribution in [0.4, 0.5) is 5.69 Å². The van der Waals surface area contributed by atoms with Gasteiger partial charge in [-0.1, -0.05) is 23.4 Å². The van der Waals surface area contributed by atoms with E-state index in [9.17, 15) is 4.79 Å². The van der Waals surface area contributed by atoms with Gasteiger partial charge in [0.2, 0.25) is 5.89 Å². The van der Waals surface area contributed by atoms with Crippen LogP contribution in [0.5, 0.6) is 0 Å². The largest absolute Gasteiger partial charge is 0.371 e. The molecule has 0 amide bonds. The molecule has 4 aromatic rings. The van der Waals surface area contributed by atoms with Crippen molar-refractivity contribution in [2.75, 3.05) is 18.0 Å². The van der Waals surface area contributed by atoms with Gasteiger partial charge < -0.3 is 9.42 Å². The number of piperidine rings is 1. The summed E-state index contributed by atoms with van der Waals surface area (Å²) in [6.07, 6.45) is 7.33. The van der Waals surface area contributed by atoms with Crippen molar-refractivity contribution in [2.24, 2.45) is 11.8 Å². The van der Waals surface area contributed by atoms with Gasteiger partial charge in [-0.3, -0.25) is 14.3 Å². The maximum Gasteiger partial charge on any atom is 0.261 e. The Hall–Kier alpha value is -3.55. The lowest BCUT2D eigenvalue weighted by molar-refractivity contribution is 0.368. The van der Waals surface area contributed by atoms with Crippen molar-refractivity contribution in [3.63, 3.8) is 0 Å². The summed E-state index contributed by atoms with van der Waals surface area (Å²) in [4.78, 5) is 26.5. The van der Waals surface area contributed by atoms with E-state index in [-0.39, 0.29) is 12.1 Å². The molecule has 1 saturated heterocycles. The smallest absolute Gasteiger partial charge is 0.261 e. The maximum absolute atomic E-state index is 12.1. The summed E-state index contributed by atoms with van der Waals surface area (Å²) in [5.41, 5.74) is 1.82. The maximum atomic E-state index is 12.1. The van der Waals surface area contributed by atoms with Crippen LogP contribution in [0.2, 0.25) is 0 Å². The molecule has 8 heteroatoms. The van der Waals surface area contributed by atoms with Gasteiger partial charge >= 0.3 is 0 Å². The highest BCUT2D eigenvalue weighted by molar-refractivity contribution is 5.75. The Morgan fingerprint density at radius 1 is 1.07 bits per heavy atom. The van der Waals surface area contributed by atoms with Crippen molar-refractivity contribution in [2.45, 2.75) is 13.0 Å². The number of nitrogens with zero attached hydrogens (tertiary/aromatic N) is 6. The van der Waals surface area contributed by atoms with Crippen LogP contribution >= 0.6 is 0 Å². The minimum atomic E-state index is -0.157. The number of anilines is 1. The fourth-order valence-corrected chi connectivity index (χ4v) is 3.78. The second-order valence-electron chi connectivity index (χ2n) is 7.40. The first-order valence-corrected chi connectivity index (χ1v) is 9.62. The van der Waals surface area contributed by atoms with Gasteiger partial charge in [-0.05, 0) is 36.5 Å². The summed E-state index contributed by atoms with van der Waals surface area (Å²) < 4.78 is 6.26. The van der Waals surface area contributed by atoms with Crippen molar-refractivity contribution < 1.29 is 4.52 Å². The highest BCUT2D eigenvalue weighted by Gasteiger charge is 2.44. The standard InChI is InChI=1S/C11H13N.C10H7N5O2/c1-2-4-11(5-3-1)12-7-9-6-10(9)8-12;16-10-7-1-2-11-3-8(7)13-6-15(10)4-9-12-5-14-17-9/h1-5,9-10H,6-8H2;1-3,5-6H,4H2/t9-,10+;. The first-order valence-electron chi connectivity index (χ1n) is 9.62. The molecule has 0 N–H and O–H groups in total. The van der Waals surface area contributed by atoms with Gasteiger partial charge in [0.05, 0.1) is 23.4 Å². The molecule has 3 aromatic heterocycles. The Labute approximate surface area is 166 Å². The van der Waals surface area contributed by atoms with Gasteiger partial charge in [0.15, 0.2) is 6.33 Å². The molecule has 8 nitrogen and oxygen atoms in total. The number of benzene rings is 1. The summed E-state index contributed by atoms with van der Waals surface area (Å²) in [7, 11) is 0. The molecule has 1 saturated carbocycles. The molecule has 1 aliphatic heterocycles. The summed E-state index contributed by atoms with van der Waals surface area (Å²) >= 11 is 0. The monoisotopic (exact) mass is 388 g/mol. The predicted octanol–water partition coefficient (Wildman–Crippen LogP) is 2.37. The normalized spacial score (nSPS) is 19.5. The lowest BCUT2D eigenvalue weighted by Gasteiger charge is -2.19. The average Bonchev–Trinajstić information content (AvgIpc) is 3.15. The third-order valence-corrected chi connectivity index (χ3v) is 5.44. The SMILES string of the molecule is O=c1c2ccncc2ncn1Cc1ncno1.c1ccc(N2C[C@H]3C[C@H]3C2)cc1. The van der Waals surface area contributed by atoms with E-state index in [1.54, 1.807) is 18.5 Å². The quantitative estimate of drug-likeness (QED) is 0.532. The van der Waals surface area contributed by atoms with Crippen LogP contribution in [-0.2, 0) is 6.54 Å². The number of hydrogen-bond donors (Lipinski definition) is 0. The van der Waals surface area contributed by atoms with E-state index in [4.69, 9.17) is 4.52 Å². The van der Waals surface area contributed by atoms with E-state index in [0.29, 0.717) is 16.8 Å². The van der Waals surface area contributed by atoms with Gasteiger partial charge in [-0.25, -0.2) is 4.98 Å². The first kappa shape index (κ1) is 17.5. The number of para-hydroxylation sites is 1. The minimum absolute atomic E-state index is 0.157. The Kier molecular flexibility index (Phi) is 4.51. The van der Waals surface area contributed by atoms with Gasteiger partial charge in [0.1, 0.15) is 6.54 Å². The van der Waals surface area contributed by atoms with Crippen molar-refractivity contribution in [3.8, 4) is 0 Å². The van der Waals surface area contributed by atoms with Crippen molar-refractivity contribution in [1.29, 1.82) is 0 Å². The molecular weight excluding hydrogens is 368 g/mol. The van der Waals surface area contributed by atoms with Gasteiger partial charge in [0, 0.05) is 25.0 Å². The molecule has 0 bridgehead atoms. The summed E-state index contributed by atoms with van der Waals surface area (Å²) in [5, 5.41) is 3.99. The Bertz CT molecular complexity index is 1150. The van der Waals surface area contributed by atoms with Gasteiger partial charge in [-0.15, -0.1) is 0 Å². The zero-order valence-corrected chi connectivity index (χ0v) is 15.8. The minimum Gasteiger partial charge on any atom is -0.371 e. The van der Waals surface area contributed by atoms with Crippen LogP contribution in [0.3, 0.4) is 0 Å². The van der Waals surface area contributed by atoms with E-state index < -0.39 is 0 Å². The topological polar surface area (TPSA) is 89.9 Å². The molecule has 2 aliphatic rings. The molecule has 4 heterocycles. The fourth-order valence-electron chi connectivity index (χ4n) is 3.78. The molecule has 0 unspecified atom stereocenters. The zero-order chi connectivity index (χ0) is 19.6. The summed E-state index contributed by atoms with van der Waals surface area (Å²) in [5.74, 6) is 2.43. The molecule has 1 aromatic carbocycles. The van der Waals surface area contributed by atoms with Crippen molar-refractivity contribution in [1.82, 2.24) is 24.7 Å². The fraction of sp³-hybridized carbons (Fsp3) is 0.286. The van der Waals surface area contributed by atoms with Crippen molar-refractivity contribution in [3.05, 3.63) is 77.7 Å². The molecule has 0 radical (unpaired) electrons. The predicted molar refractivity (Wildman–Crippen MR) is 107 cm³/mol. The molecule has 6 rings (SSSR count). The summed E-state index contributed by atoms with van der Waals surface area (Å²) in [6.45, 7) is 2.81. The van der Waals surface area contributed by atoms with E-state index in [1.807, 2.05) is 0 Å². The molecule has 2 fully saturated rings. The van der Waals surface area contributed by atoms with Crippen LogP contribution in [0, 0.1) is 11.8 Å². The van der Waals surface area contributed by atoms with Gasteiger partial charge in [-0.2, -0.15) is 4.98 Å². The molecule has 146 valence electrons.